The zero-order valence-electron chi connectivity index (χ0n) is 27.9. The molecule has 0 fully saturated rings. The lowest BCUT2D eigenvalue weighted by atomic mass is 9.83. The third-order valence-electron chi connectivity index (χ3n) is 10.4. The van der Waals surface area contributed by atoms with Crippen molar-refractivity contribution in [2.45, 2.75) is 0 Å². The Morgan fingerprint density at radius 2 is 0.558 bits per heavy atom. The van der Waals surface area contributed by atoms with Crippen LogP contribution in [0.2, 0.25) is 0 Å². The van der Waals surface area contributed by atoms with Gasteiger partial charge >= 0.3 is 0 Å². The molecule has 52 heavy (non-hydrogen) atoms. The van der Waals surface area contributed by atoms with Gasteiger partial charge in [0.05, 0.1) is 20.4 Å². The van der Waals surface area contributed by atoms with E-state index in [1.165, 1.54) is 85.9 Å². The number of aromatic nitrogens is 2. The Bertz CT molecular complexity index is 2870. The second-order valence-corrected chi connectivity index (χ2v) is 15.3. The highest BCUT2D eigenvalue weighted by molar-refractivity contribution is 7.22. The first-order chi connectivity index (χ1) is 25.8. The summed E-state index contributed by atoms with van der Waals surface area (Å²) in [5.74, 6) is 0. The van der Waals surface area contributed by atoms with Crippen LogP contribution in [0.5, 0.6) is 0 Å². The van der Waals surface area contributed by atoms with Crippen LogP contribution in [0.4, 0.5) is 0 Å². The van der Waals surface area contributed by atoms with E-state index in [1.807, 2.05) is 0 Å². The van der Waals surface area contributed by atoms with Gasteiger partial charge in [0.2, 0.25) is 0 Å². The molecule has 0 bridgehead atoms. The van der Waals surface area contributed by atoms with E-state index in [4.69, 9.17) is 9.97 Å². The normalized spacial score (nSPS) is 11.8. The molecule has 4 heteroatoms. The molecule has 0 atom stereocenters. The summed E-state index contributed by atoms with van der Waals surface area (Å²) in [4.78, 5) is 10.1. The molecule has 0 amide bonds. The number of thiazole rings is 2. The molecule has 0 N–H and O–H groups in total. The van der Waals surface area contributed by atoms with E-state index in [-0.39, 0.29) is 0 Å². The van der Waals surface area contributed by atoms with Crippen molar-refractivity contribution in [1.29, 1.82) is 0 Å². The van der Waals surface area contributed by atoms with Crippen molar-refractivity contribution < 1.29 is 0 Å². The van der Waals surface area contributed by atoms with Gasteiger partial charge in [-0.2, -0.15) is 0 Å². The summed E-state index contributed by atoms with van der Waals surface area (Å²) in [6.07, 6.45) is 0. The highest BCUT2D eigenvalue weighted by atomic mass is 32.1. The van der Waals surface area contributed by atoms with Crippen LogP contribution < -0.4 is 0 Å². The molecule has 0 saturated heterocycles. The van der Waals surface area contributed by atoms with Crippen LogP contribution in [0.15, 0.2) is 170 Å². The second-order valence-electron chi connectivity index (χ2n) is 13.2. The first-order valence-electron chi connectivity index (χ1n) is 17.5. The number of hydrogen-bond donors (Lipinski definition) is 0. The van der Waals surface area contributed by atoms with Gasteiger partial charge < -0.3 is 0 Å². The van der Waals surface area contributed by atoms with Gasteiger partial charge in [0.25, 0.3) is 0 Å². The van der Waals surface area contributed by atoms with Crippen molar-refractivity contribution in [2.24, 2.45) is 0 Å². The fraction of sp³-hybridized carbons (Fsp3) is 0. The van der Waals surface area contributed by atoms with Crippen LogP contribution in [0.25, 0.3) is 107 Å². The molecular formula is C48H28N2S2. The van der Waals surface area contributed by atoms with Crippen molar-refractivity contribution in [2.75, 3.05) is 0 Å². The van der Waals surface area contributed by atoms with Gasteiger partial charge in [-0.05, 0) is 89.6 Å². The van der Waals surface area contributed by atoms with Crippen LogP contribution in [0.1, 0.15) is 0 Å². The molecule has 11 rings (SSSR count). The molecule has 242 valence electrons. The van der Waals surface area contributed by atoms with Gasteiger partial charge in [0, 0.05) is 11.1 Å². The van der Waals surface area contributed by atoms with E-state index in [0.717, 1.165) is 21.0 Å². The molecule has 11 aromatic rings. The van der Waals surface area contributed by atoms with Crippen LogP contribution >= 0.6 is 22.7 Å². The quantitative estimate of drug-likeness (QED) is 0.171. The van der Waals surface area contributed by atoms with Crippen LogP contribution in [-0.2, 0) is 0 Å². The molecule has 0 unspecified atom stereocenters. The second kappa shape index (κ2) is 11.7. The standard InChI is InChI=1S/C48H28N2S2/c1-3-15-31-29(13-1)37(25-27-39(31)47-49-41-21-9-11-23-43(41)51-47)45-33-17-5-7-19-35(33)46(36-20-8-6-18-34(36)45)38-26-28-40(32-16-4-2-14-30(32)38)48-50-42-22-10-12-24-44(42)52-48/h1-28H. The number of nitrogens with zero attached hydrogens (tertiary/aromatic N) is 2. The average molecular weight is 697 g/mol. The summed E-state index contributed by atoms with van der Waals surface area (Å²) in [5, 5.41) is 12.0. The monoisotopic (exact) mass is 696 g/mol. The molecular weight excluding hydrogens is 669 g/mol. The molecule has 0 radical (unpaired) electrons. The van der Waals surface area contributed by atoms with Gasteiger partial charge in [-0.15, -0.1) is 22.7 Å². The molecule has 0 aliphatic carbocycles. The molecule has 0 spiro atoms. The van der Waals surface area contributed by atoms with Gasteiger partial charge in [-0.3, -0.25) is 0 Å². The summed E-state index contributed by atoms with van der Waals surface area (Å²) >= 11 is 3.52. The number of rotatable bonds is 4. The fourth-order valence-electron chi connectivity index (χ4n) is 8.09. The van der Waals surface area contributed by atoms with E-state index in [0.29, 0.717) is 0 Å². The zero-order chi connectivity index (χ0) is 34.2. The van der Waals surface area contributed by atoms with Crippen molar-refractivity contribution in [3.05, 3.63) is 170 Å². The Morgan fingerprint density at radius 1 is 0.269 bits per heavy atom. The molecule has 0 aliphatic heterocycles. The summed E-state index contributed by atoms with van der Waals surface area (Å²) in [6, 6.07) is 61.6. The molecule has 9 aromatic carbocycles. The topological polar surface area (TPSA) is 25.8 Å². The van der Waals surface area contributed by atoms with Crippen molar-refractivity contribution in [1.82, 2.24) is 9.97 Å². The van der Waals surface area contributed by atoms with E-state index in [1.54, 1.807) is 22.7 Å². The molecule has 2 aromatic heterocycles. The third kappa shape index (κ3) is 4.48. The number of para-hydroxylation sites is 2. The lowest BCUT2D eigenvalue weighted by Crippen LogP contribution is -1.93. The Morgan fingerprint density at radius 3 is 0.923 bits per heavy atom. The number of fused-ring (bicyclic) bond motifs is 6. The van der Waals surface area contributed by atoms with Gasteiger partial charge in [-0.1, -0.05) is 146 Å². The van der Waals surface area contributed by atoms with Crippen LogP contribution in [0, 0.1) is 0 Å². The minimum atomic E-state index is 1.05. The predicted octanol–water partition coefficient (Wildman–Crippen LogP) is 14.2. The van der Waals surface area contributed by atoms with Crippen LogP contribution in [0.3, 0.4) is 0 Å². The summed E-state index contributed by atoms with van der Waals surface area (Å²) in [7, 11) is 0. The summed E-state index contributed by atoms with van der Waals surface area (Å²) in [6.45, 7) is 0. The smallest absolute Gasteiger partial charge is 0.125 e. The molecule has 0 aliphatic rings. The van der Waals surface area contributed by atoms with E-state index >= 15 is 0 Å². The maximum atomic E-state index is 5.06. The van der Waals surface area contributed by atoms with Crippen molar-refractivity contribution in [3.63, 3.8) is 0 Å². The van der Waals surface area contributed by atoms with Gasteiger partial charge in [0.1, 0.15) is 10.0 Å². The largest absolute Gasteiger partial charge is 0.236 e. The Labute approximate surface area is 307 Å². The van der Waals surface area contributed by atoms with E-state index in [9.17, 15) is 0 Å². The summed E-state index contributed by atoms with van der Waals surface area (Å²) in [5.41, 5.74) is 9.42. The molecule has 0 saturated carbocycles. The Kier molecular flexibility index (Phi) is 6.63. The number of hydrogen-bond acceptors (Lipinski definition) is 4. The van der Waals surface area contributed by atoms with Crippen molar-refractivity contribution in [3.8, 4) is 43.4 Å². The Hall–Kier alpha value is -6.20. The van der Waals surface area contributed by atoms with E-state index < -0.39 is 0 Å². The first-order valence-corrected chi connectivity index (χ1v) is 19.1. The van der Waals surface area contributed by atoms with Gasteiger partial charge in [0.15, 0.2) is 0 Å². The van der Waals surface area contributed by atoms with Gasteiger partial charge in [-0.25, -0.2) is 9.97 Å². The lowest BCUT2D eigenvalue weighted by Gasteiger charge is -2.20. The molecule has 2 heterocycles. The predicted molar refractivity (Wildman–Crippen MR) is 225 cm³/mol. The minimum Gasteiger partial charge on any atom is -0.236 e. The highest BCUT2D eigenvalue weighted by Gasteiger charge is 2.21. The maximum absolute atomic E-state index is 5.06. The highest BCUT2D eigenvalue weighted by Crippen LogP contribution is 2.49. The zero-order valence-corrected chi connectivity index (χ0v) is 29.5. The fourth-order valence-corrected chi connectivity index (χ4v) is 10.1. The number of benzene rings is 9. The van der Waals surface area contributed by atoms with Crippen LogP contribution in [-0.4, -0.2) is 9.97 Å². The average Bonchev–Trinajstić information content (AvgIpc) is 3.84. The minimum absolute atomic E-state index is 1.05. The third-order valence-corrected chi connectivity index (χ3v) is 12.5. The summed E-state index contributed by atoms with van der Waals surface area (Å²) < 4.78 is 2.41. The van der Waals surface area contributed by atoms with Crippen molar-refractivity contribution >= 4 is 86.2 Å². The first kappa shape index (κ1) is 29.5. The maximum Gasteiger partial charge on any atom is 0.125 e. The lowest BCUT2D eigenvalue weighted by molar-refractivity contribution is 1.49. The molecule has 2 nitrogen and oxygen atoms in total. The Balaban J connectivity index is 1.18. The SMILES string of the molecule is c1ccc2sc(-c3ccc(-c4c5ccccc5c(-c5ccc(-c6nc7ccccc7s6)c6ccccc56)c5ccccc45)c4ccccc34)nc2c1. The van der Waals surface area contributed by atoms with E-state index in [2.05, 4.69) is 170 Å².